The van der Waals surface area contributed by atoms with Gasteiger partial charge in [-0.3, -0.25) is 0 Å². The van der Waals surface area contributed by atoms with Crippen LogP contribution in [0.2, 0.25) is 0 Å². The molecule has 5 rings (SSSR count). The van der Waals surface area contributed by atoms with Gasteiger partial charge < -0.3 is 9.47 Å². The molecule has 0 amide bonds. The Balaban J connectivity index is 1.07. The molecule has 2 aromatic rings. The van der Waals surface area contributed by atoms with Crippen molar-refractivity contribution in [3.8, 4) is 11.6 Å². The molecule has 0 aliphatic heterocycles. The van der Waals surface area contributed by atoms with Gasteiger partial charge in [-0.1, -0.05) is 83.3 Å². The average molecular weight is 572 g/mol. The molecule has 6 heteroatoms. The first kappa shape index (κ1) is 30.2. The van der Waals surface area contributed by atoms with Crippen LogP contribution in [0.3, 0.4) is 0 Å². The number of fused-ring (bicyclic) bond motifs is 1. The molecule has 2 fully saturated rings. The van der Waals surface area contributed by atoms with Crippen LogP contribution >= 0.6 is 0 Å². The van der Waals surface area contributed by atoms with Crippen molar-refractivity contribution in [1.29, 1.82) is 0 Å². The van der Waals surface area contributed by atoms with Crippen LogP contribution in [0.4, 0.5) is 13.2 Å². The van der Waals surface area contributed by atoms with Crippen LogP contribution in [-0.4, -0.2) is 18.2 Å². The molecule has 1 aromatic heterocycles. The lowest BCUT2D eigenvalue weighted by atomic mass is 9.77. The second kappa shape index (κ2) is 14.3. The number of rotatable bonds is 18. The number of aromatic nitrogens is 1. The van der Waals surface area contributed by atoms with Gasteiger partial charge in [0, 0.05) is 6.07 Å². The van der Waals surface area contributed by atoms with Crippen LogP contribution < -0.4 is 9.47 Å². The fraction of sp³-hybridized carbons (Fsp3) is 0.686. The Kier molecular flexibility index (Phi) is 10.5. The van der Waals surface area contributed by atoms with Gasteiger partial charge in [0.2, 0.25) is 11.8 Å². The third-order valence-electron chi connectivity index (χ3n) is 9.54. The van der Waals surface area contributed by atoms with E-state index in [1.54, 1.807) is 24.3 Å². The summed E-state index contributed by atoms with van der Waals surface area (Å²) in [6.07, 6.45) is 17.9. The van der Waals surface area contributed by atoms with E-state index in [0.717, 1.165) is 43.4 Å². The Morgan fingerprint density at radius 1 is 0.878 bits per heavy atom. The molecule has 226 valence electrons. The normalized spacial score (nSPS) is 20.4. The molecular weight excluding hydrogens is 523 g/mol. The maximum absolute atomic E-state index is 15.6. The molecule has 1 heterocycles. The molecule has 0 saturated heterocycles. The van der Waals surface area contributed by atoms with E-state index in [1.165, 1.54) is 70.3 Å². The van der Waals surface area contributed by atoms with Gasteiger partial charge in [-0.15, -0.1) is 0 Å². The first-order chi connectivity index (χ1) is 20.0. The molecule has 1 aromatic carbocycles. The molecule has 3 aliphatic carbocycles. The van der Waals surface area contributed by atoms with Crippen LogP contribution in [-0.2, 0) is 12.3 Å². The molecular formula is C35H48F3NO2. The van der Waals surface area contributed by atoms with Crippen LogP contribution in [0.1, 0.15) is 126 Å². The number of benzene rings is 1. The van der Waals surface area contributed by atoms with E-state index in [1.807, 2.05) is 0 Å². The topological polar surface area (TPSA) is 31.4 Å². The largest absolute Gasteiger partial charge is 0.494 e. The van der Waals surface area contributed by atoms with E-state index in [2.05, 4.69) is 11.9 Å². The van der Waals surface area contributed by atoms with Crippen molar-refractivity contribution in [2.45, 2.75) is 121 Å². The van der Waals surface area contributed by atoms with Gasteiger partial charge in [0.05, 0.1) is 24.7 Å². The van der Waals surface area contributed by atoms with E-state index in [-0.39, 0.29) is 12.3 Å². The fourth-order valence-corrected chi connectivity index (χ4v) is 6.68. The third kappa shape index (κ3) is 8.41. The van der Waals surface area contributed by atoms with E-state index < -0.39 is 23.4 Å². The zero-order valence-corrected chi connectivity index (χ0v) is 24.8. The maximum Gasteiger partial charge on any atom is 0.284 e. The minimum atomic E-state index is -3.34. The van der Waals surface area contributed by atoms with Crippen molar-refractivity contribution < 1.29 is 22.6 Å². The molecule has 0 N–H and O–H groups in total. The summed E-state index contributed by atoms with van der Waals surface area (Å²) in [5.41, 5.74) is 0.231. The van der Waals surface area contributed by atoms with Gasteiger partial charge in [0.15, 0.2) is 0 Å². The summed E-state index contributed by atoms with van der Waals surface area (Å²) >= 11 is 0. The van der Waals surface area contributed by atoms with Crippen LogP contribution in [0.25, 0.3) is 0 Å². The molecule has 3 nitrogen and oxygen atoms in total. The Hall–Kier alpha value is -2.24. The van der Waals surface area contributed by atoms with Crippen molar-refractivity contribution in [3.05, 3.63) is 53.0 Å². The average Bonchev–Trinajstić information content (AvgIpc) is 3.88. The van der Waals surface area contributed by atoms with E-state index in [4.69, 9.17) is 9.47 Å². The van der Waals surface area contributed by atoms with Crippen molar-refractivity contribution in [1.82, 2.24) is 4.98 Å². The molecule has 2 atom stereocenters. The Morgan fingerprint density at radius 2 is 1.59 bits per heavy atom. The number of alkyl halides is 2. The van der Waals surface area contributed by atoms with Crippen LogP contribution in [0.15, 0.2) is 30.3 Å². The summed E-state index contributed by atoms with van der Waals surface area (Å²) in [6.45, 7) is 3.34. The summed E-state index contributed by atoms with van der Waals surface area (Å²) in [5.74, 6) is -1.96. The van der Waals surface area contributed by atoms with Crippen molar-refractivity contribution in [2.75, 3.05) is 13.2 Å². The molecule has 2 unspecified atom stereocenters. The van der Waals surface area contributed by atoms with Crippen molar-refractivity contribution in [2.24, 2.45) is 17.8 Å². The van der Waals surface area contributed by atoms with Crippen LogP contribution in [0.5, 0.6) is 11.6 Å². The van der Waals surface area contributed by atoms with Gasteiger partial charge in [0.1, 0.15) is 5.75 Å². The maximum atomic E-state index is 15.6. The Morgan fingerprint density at radius 3 is 2.29 bits per heavy atom. The molecule has 3 aliphatic rings. The predicted molar refractivity (Wildman–Crippen MR) is 157 cm³/mol. The minimum Gasteiger partial charge on any atom is -0.494 e. The molecule has 0 radical (unpaired) electrons. The summed E-state index contributed by atoms with van der Waals surface area (Å²) in [6, 6.07) is 8.43. The minimum absolute atomic E-state index is 0.115. The fourth-order valence-electron chi connectivity index (χ4n) is 6.68. The monoisotopic (exact) mass is 571 g/mol. The smallest absolute Gasteiger partial charge is 0.284 e. The molecule has 2 saturated carbocycles. The highest BCUT2D eigenvalue weighted by molar-refractivity contribution is 5.41. The van der Waals surface area contributed by atoms with Crippen molar-refractivity contribution in [3.63, 3.8) is 0 Å². The third-order valence-corrected chi connectivity index (χ3v) is 9.54. The van der Waals surface area contributed by atoms with Gasteiger partial charge >= 0.3 is 0 Å². The second-order valence-electron chi connectivity index (χ2n) is 12.8. The molecule has 0 bridgehead atoms. The van der Waals surface area contributed by atoms with E-state index >= 15 is 13.2 Å². The van der Waals surface area contributed by atoms with Gasteiger partial charge in [-0.2, -0.15) is 9.37 Å². The lowest BCUT2D eigenvalue weighted by Crippen LogP contribution is -2.32. The van der Waals surface area contributed by atoms with E-state index in [9.17, 15) is 0 Å². The quantitative estimate of drug-likeness (QED) is 0.132. The molecule has 41 heavy (non-hydrogen) atoms. The number of ether oxygens (including phenoxy) is 2. The van der Waals surface area contributed by atoms with Crippen LogP contribution in [0, 0.1) is 23.7 Å². The lowest BCUT2D eigenvalue weighted by molar-refractivity contribution is -0.0475. The highest BCUT2D eigenvalue weighted by Crippen LogP contribution is 2.50. The SMILES string of the molecule is CCC(CCCCCOc1cc2c(c(F)n1)C(F)(F)C(c1ccc(OCCCCCCC3CC3)cc1)CC2)C1CC1. The first-order valence-corrected chi connectivity index (χ1v) is 16.4. The number of unbranched alkanes of at least 4 members (excludes halogenated alkanes) is 5. The second-order valence-corrected chi connectivity index (χ2v) is 12.8. The number of nitrogens with zero attached hydrogens (tertiary/aromatic N) is 1. The number of hydrogen-bond acceptors (Lipinski definition) is 3. The zero-order valence-electron chi connectivity index (χ0n) is 24.8. The Bertz CT molecular complexity index is 1100. The number of aryl methyl sites for hydroxylation is 1. The molecule has 0 spiro atoms. The summed E-state index contributed by atoms with van der Waals surface area (Å²) < 4.78 is 57.8. The van der Waals surface area contributed by atoms with Gasteiger partial charge in [-0.05, 0) is 79.5 Å². The first-order valence-electron chi connectivity index (χ1n) is 16.4. The number of pyridine rings is 1. The van der Waals surface area contributed by atoms with Crippen molar-refractivity contribution >= 4 is 0 Å². The summed E-state index contributed by atoms with van der Waals surface area (Å²) in [4.78, 5) is 3.80. The van der Waals surface area contributed by atoms with E-state index in [0.29, 0.717) is 36.5 Å². The highest BCUT2D eigenvalue weighted by atomic mass is 19.3. The predicted octanol–water partition coefficient (Wildman–Crippen LogP) is 10.2. The standard InChI is InChI=1S/C35H48F3NO2/c1-2-26(27-14-15-27)11-7-5-9-23-41-32-24-29-18-21-31(35(37,38)33(29)34(36)39-32)28-16-19-30(20-17-28)40-22-8-4-3-6-10-25-12-13-25/h16-17,19-20,24-27,31H,2-15,18,21-23H2,1H3. The zero-order chi connectivity index (χ0) is 28.7. The van der Waals surface area contributed by atoms with Gasteiger partial charge in [-0.25, -0.2) is 8.78 Å². The Labute approximate surface area is 244 Å². The summed E-state index contributed by atoms with van der Waals surface area (Å²) in [5, 5.41) is 0. The lowest BCUT2D eigenvalue weighted by Gasteiger charge is -2.33. The number of halogens is 3. The number of hydrogen-bond donors (Lipinski definition) is 0. The summed E-state index contributed by atoms with van der Waals surface area (Å²) in [7, 11) is 0. The highest BCUT2D eigenvalue weighted by Gasteiger charge is 2.49. The van der Waals surface area contributed by atoms with Gasteiger partial charge in [0.25, 0.3) is 5.92 Å².